The number of benzene rings is 1. The smallest absolute Gasteiger partial charge is 0.120 e. The molecular formula is C12H19NO2. The van der Waals surface area contributed by atoms with Gasteiger partial charge in [-0.3, -0.25) is 0 Å². The van der Waals surface area contributed by atoms with Crippen molar-refractivity contribution >= 4 is 0 Å². The van der Waals surface area contributed by atoms with E-state index >= 15 is 0 Å². The number of aryl methyl sites for hydroxylation is 2. The summed E-state index contributed by atoms with van der Waals surface area (Å²) in [6.07, 6.45) is 0. The van der Waals surface area contributed by atoms with E-state index in [9.17, 15) is 5.11 Å². The quantitative estimate of drug-likeness (QED) is 0.726. The van der Waals surface area contributed by atoms with Crippen LogP contribution >= 0.6 is 0 Å². The van der Waals surface area contributed by atoms with Gasteiger partial charge in [-0.1, -0.05) is 6.07 Å². The van der Waals surface area contributed by atoms with Gasteiger partial charge in [0.05, 0.1) is 6.61 Å². The summed E-state index contributed by atoms with van der Waals surface area (Å²) in [7, 11) is 1.68. The van der Waals surface area contributed by atoms with E-state index in [1.54, 1.807) is 7.11 Å². The molecule has 0 amide bonds. The van der Waals surface area contributed by atoms with Crippen molar-refractivity contribution in [3.8, 4) is 5.75 Å². The SMILES string of the molecule is COCCNCc1cc(C)c(C)cc1O. The average molecular weight is 209 g/mol. The van der Waals surface area contributed by atoms with Gasteiger partial charge in [-0.2, -0.15) is 0 Å². The Morgan fingerprint density at radius 1 is 1.27 bits per heavy atom. The second-order valence-electron chi connectivity index (χ2n) is 3.73. The molecule has 0 atom stereocenters. The molecule has 3 nitrogen and oxygen atoms in total. The molecule has 0 saturated heterocycles. The fourth-order valence-electron chi connectivity index (χ4n) is 1.40. The molecule has 84 valence electrons. The van der Waals surface area contributed by atoms with E-state index in [4.69, 9.17) is 4.74 Å². The molecule has 0 spiro atoms. The van der Waals surface area contributed by atoms with Gasteiger partial charge in [0.15, 0.2) is 0 Å². The summed E-state index contributed by atoms with van der Waals surface area (Å²) in [4.78, 5) is 0. The van der Waals surface area contributed by atoms with E-state index < -0.39 is 0 Å². The van der Waals surface area contributed by atoms with Crippen molar-refractivity contribution in [3.63, 3.8) is 0 Å². The number of aromatic hydroxyl groups is 1. The molecule has 2 N–H and O–H groups in total. The van der Waals surface area contributed by atoms with Crippen LogP contribution in [0.25, 0.3) is 0 Å². The number of hydrogen-bond acceptors (Lipinski definition) is 3. The van der Waals surface area contributed by atoms with Crippen molar-refractivity contribution in [2.75, 3.05) is 20.3 Å². The molecule has 1 rings (SSSR count). The van der Waals surface area contributed by atoms with Gasteiger partial charge in [0.25, 0.3) is 0 Å². The molecule has 0 aliphatic heterocycles. The Kier molecular flexibility index (Phi) is 4.59. The molecule has 0 aliphatic rings. The first kappa shape index (κ1) is 12.0. The van der Waals surface area contributed by atoms with Crippen molar-refractivity contribution in [3.05, 3.63) is 28.8 Å². The van der Waals surface area contributed by atoms with E-state index in [2.05, 4.69) is 5.32 Å². The molecule has 1 aromatic carbocycles. The highest BCUT2D eigenvalue weighted by Crippen LogP contribution is 2.21. The third kappa shape index (κ3) is 3.53. The summed E-state index contributed by atoms with van der Waals surface area (Å²) >= 11 is 0. The summed E-state index contributed by atoms with van der Waals surface area (Å²) in [5.41, 5.74) is 3.26. The lowest BCUT2D eigenvalue weighted by atomic mass is 10.1. The zero-order valence-corrected chi connectivity index (χ0v) is 9.63. The van der Waals surface area contributed by atoms with Crippen molar-refractivity contribution in [1.82, 2.24) is 5.32 Å². The number of ether oxygens (including phenoxy) is 1. The number of nitrogens with one attached hydrogen (secondary N) is 1. The number of phenols is 1. The summed E-state index contributed by atoms with van der Waals surface area (Å²) in [5, 5.41) is 12.9. The van der Waals surface area contributed by atoms with E-state index in [1.807, 2.05) is 26.0 Å². The normalized spacial score (nSPS) is 10.6. The molecule has 0 fully saturated rings. The Hall–Kier alpha value is -1.06. The molecule has 0 heterocycles. The lowest BCUT2D eigenvalue weighted by Gasteiger charge is -2.09. The highest BCUT2D eigenvalue weighted by atomic mass is 16.5. The molecular weight excluding hydrogens is 190 g/mol. The van der Waals surface area contributed by atoms with E-state index in [-0.39, 0.29) is 0 Å². The minimum Gasteiger partial charge on any atom is -0.508 e. The maximum atomic E-state index is 9.70. The summed E-state index contributed by atoms with van der Waals surface area (Å²) < 4.78 is 4.93. The first-order valence-corrected chi connectivity index (χ1v) is 5.14. The van der Waals surface area contributed by atoms with Crippen LogP contribution in [0.2, 0.25) is 0 Å². The summed E-state index contributed by atoms with van der Waals surface area (Å²) in [5.74, 6) is 0.364. The van der Waals surface area contributed by atoms with Crippen LogP contribution in [-0.2, 0) is 11.3 Å². The van der Waals surface area contributed by atoms with E-state index in [0.717, 1.165) is 17.7 Å². The first-order chi connectivity index (χ1) is 7.15. The van der Waals surface area contributed by atoms with Crippen molar-refractivity contribution in [2.45, 2.75) is 20.4 Å². The predicted octanol–water partition coefficient (Wildman–Crippen LogP) is 1.75. The van der Waals surface area contributed by atoms with Crippen LogP contribution in [-0.4, -0.2) is 25.4 Å². The zero-order valence-electron chi connectivity index (χ0n) is 9.63. The first-order valence-electron chi connectivity index (χ1n) is 5.14. The molecule has 0 radical (unpaired) electrons. The molecule has 0 unspecified atom stereocenters. The Balaban J connectivity index is 2.57. The fourth-order valence-corrected chi connectivity index (χ4v) is 1.40. The molecule has 0 aliphatic carbocycles. The Morgan fingerprint density at radius 2 is 1.93 bits per heavy atom. The Morgan fingerprint density at radius 3 is 2.60 bits per heavy atom. The van der Waals surface area contributed by atoms with Crippen LogP contribution in [0.4, 0.5) is 0 Å². The Labute approximate surface area is 91.1 Å². The number of methoxy groups -OCH3 is 1. The van der Waals surface area contributed by atoms with Gasteiger partial charge in [0, 0.05) is 25.8 Å². The molecule has 3 heteroatoms. The average Bonchev–Trinajstić information content (AvgIpc) is 2.20. The molecule has 0 saturated carbocycles. The minimum atomic E-state index is 0.364. The lowest BCUT2D eigenvalue weighted by molar-refractivity contribution is 0.199. The summed E-state index contributed by atoms with van der Waals surface area (Å²) in [6.45, 7) is 6.20. The Bertz CT molecular complexity index is 324. The zero-order chi connectivity index (χ0) is 11.3. The number of hydrogen-bond donors (Lipinski definition) is 2. The van der Waals surface area contributed by atoms with Crippen molar-refractivity contribution in [1.29, 1.82) is 0 Å². The van der Waals surface area contributed by atoms with Crippen molar-refractivity contribution in [2.24, 2.45) is 0 Å². The van der Waals surface area contributed by atoms with Crippen LogP contribution in [0, 0.1) is 13.8 Å². The van der Waals surface area contributed by atoms with Crippen LogP contribution < -0.4 is 5.32 Å². The second kappa shape index (κ2) is 5.73. The fraction of sp³-hybridized carbons (Fsp3) is 0.500. The van der Waals surface area contributed by atoms with Gasteiger partial charge < -0.3 is 15.2 Å². The highest BCUT2D eigenvalue weighted by molar-refractivity contribution is 5.40. The van der Waals surface area contributed by atoms with Gasteiger partial charge >= 0.3 is 0 Å². The van der Waals surface area contributed by atoms with Crippen LogP contribution in [0.3, 0.4) is 0 Å². The molecule has 1 aromatic rings. The second-order valence-corrected chi connectivity index (χ2v) is 3.73. The monoisotopic (exact) mass is 209 g/mol. The van der Waals surface area contributed by atoms with Gasteiger partial charge in [-0.05, 0) is 31.0 Å². The number of phenolic OH excluding ortho intramolecular Hbond substituents is 1. The topological polar surface area (TPSA) is 41.5 Å². The van der Waals surface area contributed by atoms with Crippen LogP contribution in [0.5, 0.6) is 5.75 Å². The molecule has 0 aromatic heterocycles. The third-order valence-corrected chi connectivity index (χ3v) is 2.49. The minimum absolute atomic E-state index is 0.364. The largest absolute Gasteiger partial charge is 0.508 e. The van der Waals surface area contributed by atoms with Crippen molar-refractivity contribution < 1.29 is 9.84 Å². The van der Waals surface area contributed by atoms with Gasteiger partial charge in [-0.15, -0.1) is 0 Å². The van der Waals surface area contributed by atoms with Gasteiger partial charge in [0.1, 0.15) is 5.75 Å². The maximum absolute atomic E-state index is 9.70. The third-order valence-electron chi connectivity index (χ3n) is 2.49. The van der Waals surface area contributed by atoms with Crippen LogP contribution in [0.1, 0.15) is 16.7 Å². The maximum Gasteiger partial charge on any atom is 0.120 e. The standard InChI is InChI=1S/C12H19NO2/c1-9-6-11(8-13-4-5-15-3)12(14)7-10(9)2/h6-7,13-14H,4-5,8H2,1-3H3. The highest BCUT2D eigenvalue weighted by Gasteiger charge is 2.03. The number of rotatable bonds is 5. The predicted molar refractivity (Wildman–Crippen MR) is 61.2 cm³/mol. The lowest BCUT2D eigenvalue weighted by Crippen LogP contribution is -2.18. The van der Waals surface area contributed by atoms with Crippen LogP contribution in [0.15, 0.2) is 12.1 Å². The van der Waals surface area contributed by atoms with Gasteiger partial charge in [0.2, 0.25) is 0 Å². The van der Waals surface area contributed by atoms with E-state index in [1.165, 1.54) is 5.56 Å². The molecule has 15 heavy (non-hydrogen) atoms. The van der Waals surface area contributed by atoms with E-state index in [0.29, 0.717) is 18.9 Å². The summed E-state index contributed by atoms with van der Waals surface area (Å²) in [6, 6.07) is 3.83. The van der Waals surface area contributed by atoms with Gasteiger partial charge in [-0.25, -0.2) is 0 Å². The molecule has 0 bridgehead atoms.